The lowest BCUT2D eigenvalue weighted by Crippen LogP contribution is -2.21. The minimum absolute atomic E-state index is 0.0449. The van der Waals surface area contributed by atoms with Crippen LogP contribution in [0.2, 0.25) is 0 Å². The van der Waals surface area contributed by atoms with Crippen LogP contribution in [0.1, 0.15) is 28.4 Å². The third kappa shape index (κ3) is 3.84. The van der Waals surface area contributed by atoms with Gasteiger partial charge in [0.15, 0.2) is 0 Å². The van der Waals surface area contributed by atoms with Gasteiger partial charge in [-0.3, -0.25) is 9.78 Å². The average molecular weight is 376 g/mol. The van der Waals surface area contributed by atoms with E-state index in [1.165, 1.54) is 12.3 Å². The molecule has 0 aliphatic rings. The number of pyridine rings is 2. The van der Waals surface area contributed by atoms with Gasteiger partial charge in [-0.15, -0.1) is 0 Å². The Morgan fingerprint density at radius 3 is 2.52 bits per heavy atom. The molecule has 0 fully saturated rings. The summed E-state index contributed by atoms with van der Waals surface area (Å²) < 4.78 is 45.6. The number of hydrogen-bond acceptors (Lipinski definition) is 4. The molecule has 0 bridgehead atoms. The fraction of sp³-hybridized carbons (Fsp3) is 0.211. The zero-order valence-corrected chi connectivity index (χ0v) is 14.3. The van der Waals surface area contributed by atoms with Crippen molar-refractivity contribution in [3.63, 3.8) is 0 Å². The molecule has 0 spiro atoms. The van der Waals surface area contributed by atoms with E-state index in [1.54, 1.807) is 36.0 Å². The number of carbonyl (C=O) groups is 1. The molecule has 5 nitrogen and oxygen atoms in total. The number of ether oxygens (including phenoxy) is 1. The van der Waals surface area contributed by atoms with E-state index >= 15 is 0 Å². The second-order valence-corrected chi connectivity index (χ2v) is 5.81. The second-order valence-electron chi connectivity index (χ2n) is 5.81. The molecule has 27 heavy (non-hydrogen) atoms. The van der Waals surface area contributed by atoms with Gasteiger partial charge in [0.05, 0.1) is 17.7 Å². The number of rotatable bonds is 4. The predicted octanol–water partition coefficient (Wildman–Crippen LogP) is 3.64. The van der Waals surface area contributed by atoms with Gasteiger partial charge in [0.2, 0.25) is 5.43 Å². The number of nitrogens with zero attached hydrogens (tertiary/aromatic N) is 2. The van der Waals surface area contributed by atoms with E-state index in [0.717, 1.165) is 17.7 Å². The van der Waals surface area contributed by atoms with E-state index < -0.39 is 23.1 Å². The van der Waals surface area contributed by atoms with Crippen molar-refractivity contribution in [2.24, 2.45) is 0 Å². The third-order valence-electron chi connectivity index (χ3n) is 4.01. The Bertz CT molecular complexity index is 1040. The lowest BCUT2D eigenvalue weighted by atomic mass is 10.1. The van der Waals surface area contributed by atoms with Crippen molar-refractivity contribution in [3.05, 3.63) is 75.8 Å². The van der Waals surface area contributed by atoms with Gasteiger partial charge in [0, 0.05) is 30.5 Å². The highest BCUT2D eigenvalue weighted by atomic mass is 19.4. The summed E-state index contributed by atoms with van der Waals surface area (Å²) >= 11 is 0. The molecule has 3 aromatic rings. The number of esters is 1. The molecule has 2 heterocycles. The standard InChI is InChI=1S/C19H15F3N2O3/c1-2-27-18(26)15-11-24(10-12-5-7-23-8-6-12)16-4-3-13(19(20,21)22)9-14(16)17(15)25/h3-9,11H,2,10H2,1H3. The van der Waals surface area contributed by atoms with Gasteiger partial charge in [-0.25, -0.2) is 4.79 Å². The summed E-state index contributed by atoms with van der Waals surface area (Å²) in [6.07, 6.45) is -0.130. The minimum atomic E-state index is -4.60. The van der Waals surface area contributed by atoms with Crippen molar-refractivity contribution in [2.45, 2.75) is 19.6 Å². The van der Waals surface area contributed by atoms with E-state index in [2.05, 4.69) is 4.98 Å². The van der Waals surface area contributed by atoms with Crippen LogP contribution in [0.3, 0.4) is 0 Å². The minimum Gasteiger partial charge on any atom is -0.462 e. The highest BCUT2D eigenvalue weighted by molar-refractivity contribution is 5.94. The quantitative estimate of drug-likeness (QED) is 0.653. The zero-order chi connectivity index (χ0) is 19.6. The van der Waals surface area contributed by atoms with E-state index in [-0.39, 0.29) is 29.6 Å². The van der Waals surface area contributed by atoms with Crippen molar-refractivity contribution >= 4 is 16.9 Å². The Kier molecular flexibility index (Phi) is 4.98. The maximum Gasteiger partial charge on any atom is 0.416 e. The summed E-state index contributed by atoms with van der Waals surface area (Å²) in [6, 6.07) is 6.38. The van der Waals surface area contributed by atoms with Crippen molar-refractivity contribution in [3.8, 4) is 0 Å². The van der Waals surface area contributed by atoms with Crippen LogP contribution in [0, 0.1) is 0 Å². The number of halogens is 3. The van der Waals surface area contributed by atoms with E-state index in [4.69, 9.17) is 4.74 Å². The molecular formula is C19H15F3N2O3. The van der Waals surface area contributed by atoms with Gasteiger partial charge in [-0.05, 0) is 42.8 Å². The number of aromatic nitrogens is 2. The van der Waals surface area contributed by atoms with Crippen LogP contribution in [-0.2, 0) is 17.5 Å². The lowest BCUT2D eigenvalue weighted by molar-refractivity contribution is -0.137. The van der Waals surface area contributed by atoms with Gasteiger partial charge < -0.3 is 9.30 Å². The Morgan fingerprint density at radius 2 is 1.89 bits per heavy atom. The Morgan fingerprint density at radius 1 is 1.19 bits per heavy atom. The monoisotopic (exact) mass is 376 g/mol. The molecule has 140 valence electrons. The number of benzene rings is 1. The van der Waals surface area contributed by atoms with Crippen LogP contribution in [0.5, 0.6) is 0 Å². The third-order valence-corrected chi connectivity index (χ3v) is 4.01. The molecule has 0 aliphatic heterocycles. The molecule has 0 aliphatic carbocycles. The van der Waals surface area contributed by atoms with Crippen molar-refractivity contribution in [1.29, 1.82) is 0 Å². The molecule has 0 N–H and O–H groups in total. The van der Waals surface area contributed by atoms with Crippen molar-refractivity contribution < 1.29 is 22.7 Å². The molecule has 0 atom stereocenters. The van der Waals surface area contributed by atoms with Crippen LogP contribution in [0.4, 0.5) is 13.2 Å². The Labute approximate surface area is 152 Å². The Balaban J connectivity index is 2.25. The number of carbonyl (C=O) groups excluding carboxylic acids is 1. The first-order valence-electron chi connectivity index (χ1n) is 8.11. The van der Waals surface area contributed by atoms with Crippen molar-refractivity contribution in [2.75, 3.05) is 6.61 Å². The molecule has 2 aromatic heterocycles. The number of fused-ring (bicyclic) bond motifs is 1. The zero-order valence-electron chi connectivity index (χ0n) is 14.3. The summed E-state index contributed by atoms with van der Waals surface area (Å²) in [5, 5.41) is -0.190. The maximum absolute atomic E-state index is 13.1. The van der Waals surface area contributed by atoms with Gasteiger partial charge in [-0.2, -0.15) is 13.2 Å². The molecule has 8 heteroatoms. The normalized spacial score (nSPS) is 11.6. The SMILES string of the molecule is CCOC(=O)c1cn(Cc2ccncc2)c2ccc(C(F)(F)F)cc2c1=O. The van der Waals surface area contributed by atoms with E-state index in [9.17, 15) is 22.8 Å². The summed E-state index contributed by atoms with van der Waals surface area (Å²) in [4.78, 5) is 28.7. The highest BCUT2D eigenvalue weighted by Gasteiger charge is 2.31. The van der Waals surface area contributed by atoms with Crippen LogP contribution in [-0.4, -0.2) is 22.1 Å². The molecule has 0 unspecified atom stereocenters. The molecule has 0 saturated carbocycles. The number of hydrogen-bond donors (Lipinski definition) is 0. The predicted molar refractivity (Wildman–Crippen MR) is 92.5 cm³/mol. The van der Waals surface area contributed by atoms with Crippen LogP contribution >= 0.6 is 0 Å². The average Bonchev–Trinajstić information content (AvgIpc) is 2.64. The van der Waals surface area contributed by atoms with Crippen LogP contribution in [0.25, 0.3) is 10.9 Å². The molecule has 0 saturated heterocycles. The largest absolute Gasteiger partial charge is 0.462 e. The maximum atomic E-state index is 13.1. The summed E-state index contributed by atoms with van der Waals surface area (Å²) in [7, 11) is 0. The van der Waals surface area contributed by atoms with Gasteiger partial charge >= 0.3 is 12.1 Å². The first-order chi connectivity index (χ1) is 12.8. The first-order valence-corrected chi connectivity index (χ1v) is 8.11. The van der Waals surface area contributed by atoms with E-state index in [1.807, 2.05) is 0 Å². The van der Waals surface area contributed by atoms with Gasteiger partial charge in [0.25, 0.3) is 0 Å². The van der Waals surface area contributed by atoms with Crippen LogP contribution in [0.15, 0.2) is 53.7 Å². The highest BCUT2D eigenvalue weighted by Crippen LogP contribution is 2.31. The lowest BCUT2D eigenvalue weighted by Gasteiger charge is -2.15. The first kappa shape index (κ1) is 18.6. The molecule has 3 rings (SSSR count). The van der Waals surface area contributed by atoms with Gasteiger partial charge in [-0.1, -0.05) is 0 Å². The van der Waals surface area contributed by atoms with Crippen molar-refractivity contribution in [1.82, 2.24) is 9.55 Å². The Hall–Kier alpha value is -3.16. The molecule has 1 aromatic carbocycles. The van der Waals surface area contributed by atoms with Gasteiger partial charge in [0.1, 0.15) is 5.56 Å². The number of alkyl halides is 3. The fourth-order valence-electron chi connectivity index (χ4n) is 2.74. The summed E-state index contributed by atoms with van der Waals surface area (Å²) in [5.74, 6) is -0.870. The second kappa shape index (κ2) is 7.22. The summed E-state index contributed by atoms with van der Waals surface area (Å²) in [6.45, 7) is 1.87. The smallest absolute Gasteiger partial charge is 0.416 e. The summed E-state index contributed by atoms with van der Waals surface area (Å²) in [5.41, 5.74) is -0.954. The van der Waals surface area contributed by atoms with Crippen LogP contribution < -0.4 is 5.43 Å². The molecular weight excluding hydrogens is 361 g/mol. The molecule has 0 amide bonds. The topological polar surface area (TPSA) is 61.2 Å². The van der Waals surface area contributed by atoms with E-state index in [0.29, 0.717) is 0 Å². The molecule has 0 radical (unpaired) electrons. The fourth-order valence-corrected chi connectivity index (χ4v) is 2.74.